The maximum absolute atomic E-state index is 13.0. The fourth-order valence-corrected chi connectivity index (χ4v) is 4.24. The number of imidazole rings is 1. The fourth-order valence-electron chi connectivity index (χ4n) is 3.83. The number of anilines is 1. The first kappa shape index (κ1) is 19.0. The van der Waals surface area contributed by atoms with Gasteiger partial charge in [-0.1, -0.05) is 41.1 Å². The van der Waals surface area contributed by atoms with Crippen LogP contribution in [0.2, 0.25) is 0 Å². The molecule has 0 spiro atoms. The van der Waals surface area contributed by atoms with E-state index in [0.29, 0.717) is 23.6 Å². The summed E-state index contributed by atoms with van der Waals surface area (Å²) in [7, 11) is 3.18. The van der Waals surface area contributed by atoms with Crippen LogP contribution in [0.1, 0.15) is 25.3 Å². The van der Waals surface area contributed by atoms with Gasteiger partial charge in [0.1, 0.15) is 0 Å². The largest absolute Gasteiger partial charge is 0.342 e. The number of hydrogen-bond donors (Lipinski definition) is 0. The summed E-state index contributed by atoms with van der Waals surface area (Å²) in [4.78, 5) is 32.4. The van der Waals surface area contributed by atoms with Gasteiger partial charge in [-0.15, -0.1) is 0 Å². The summed E-state index contributed by atoms with van der Waals surface area (Å²) in [6, 6.07) is 7.97. The number of benzene rings is 1. The Balaban J connectivity index is 1.96. The van der Waals surface area contributed by atoms with Crippen molar-refractivity contribution in [2.24, 2.45) is 20.0 Å². The van der Waals surface area contributed by atoms with E-state index in [0.717, 1.165) is 46.5 Å². The molecule has 4 rings (SSSR count). The van der Waals surface area contributed by atoms with E-state index in [2.05, 4.69) is 27.8 Å². The molecule has 1 aliphatic rings. The van der Waals surface area contributed by atoms with Crippen LogP contribution in [0.15, 0.2) is 38.3 Å². The van der Waals surface area contributed by atoms with E-state index in [1.54, 1.807) is 7.05 Å². The minimum atomic E-state index is -0.359. The van der Waals surface area contributed by atoms with E-state index < -0.39 is 0 Å². The normalized spacial score (nSPS) is 15.5. The Morgan fingerprint density at radius 3 is 2.46 bits per heavy atom. The zero-order valence-electron chi connectivity index (χ0n) is 16.4. The molecule has 0 atom stereocenters. The van der Waals surface area contributed by atoms with Gasteiger partial charge >= 0.3 is 5.69 Å². The molecule has 1 aliphatic heterocycles. The van der Waals surface area contributed by atoms with Gasteiger partial charge in [0, 0.05) is 31.7 Å². The van der Waals surface area contributed by atoms with E-state index in [1.807, 2.05) is 28.8 Å². The van der Waals surface area contributed by atoms with Gasteiger partial charge in [0.2, 0.25) is 5.95 Å². The number of piperidine rings is 1. The second-order valence-corrected chi connectivity index (χ2v) is 8.49. The lowest BCUT2D eigenvalue weighted by atomic mass is 10.00. The van der Waals surface area contributed by atoms with Crippen LogP contribution in [0.3, 0.4) is 0 Å². The van der Waals surface area contributed by atoms with Crippen molar-refractivity contribution in [1.82, 2.24) is 18.7 Å². The zero-order valence-corrected chi connectivity index (χ0v) is 17.9. The molecule has 0 bridgehead atoms. The molecule has 0 saturated carbocycles. The van der Waals surface area contributed by atoms with E-state index in [4.69, 9.17) is 4.98 Å². The van der Waals surface area contributed by atoms with Gasteiger partial charge in [0.25, 0.3) is 5.56 Å². The Hall–Kier alpha value is -2.35. The molecule has 3 heterocycles. The Morgan fingerprint density at radius 1 is 1.11 bits per heavy atom. The van der Waals surface area contributed by atoms with Crippen molar-refractivity contribution in [3.63, 3.8) is 0 Å². The van der Waals surface area contributed by atoms with Crippen LogP contribution in [0.5, 0.6) is 0 Å². The molecule has 0 unspecified atom stereocenters. The number of aromatic nitrogens is 4. The first-order valence-corrected chi connectivity index (χ1v) is 10.3. The number of aryl methyl sites for hydroxylation is 1. The summed E-state index contributed by atoms with van der Waals surface area (Å²) in [5.41, 5.74) is 1.29. The maximum atomic E-state index is 13.0. The molecule has 0 radical (unpaired) electrons. The molecule has 0 amide bonds. The highest BCUT2D eigenvalue weighted by Crippen LogP contribution is 2.27. The van der Waals surface area contributed by atoms with Crippen LogP contribution in [0.25, 0.3) is 11.2 Å². The van der Waals surface area contributed by atoms with Crippen LogP contribution >= 0.6 is 15.9 Å². The third-order valence-electron chi connectivity index (χ3n) is 5.68. The Morgan fingerprint density at radius 2 is 1.79 bits per heavy atom. The van der Waals surface area contributed by atoms with Gasteiger partial charge in [0.15, 0.2) is 11.2 Å². The van der Waals surface area contributed by atoms with E-state index in [1.165, 1.54) is 11.6 Å². The second kappa shape index (κ2) is 7.24. The molecule has 8 heteroatoms. The van der Waals surface area contributed by atoms with Crippen molar-refractivity contribution >= 4 is 33.0 Å². The van der Waals surface area contributed by atoms with Gasteiger partial charge in [-0.2, -0.15) is 4.98 Å². The number of nitrogens with zero attached hydrogens (tertiary/aromatic N) is 5. The summed E-state index contributed by atoms with van der Waals surface area (Å²) < 4.78 is 5.57. The molecule has 3 aromatic rings. The molecule has 0 N–H and O–H groups in total. The molecule has 28 heavy (non-hydrogen) atoms. The van der Waals surface area contributed by atoms with Crippen LogP contribution in [-0.2, 0) is 20.6 Å². The Bertz CT molecular complexity index is 1150. The number of fused-ring (bicyclic) bond motifs is 1. The standard InChI is InChI=1S/C20H24BrN5O2/c1-13-8-10-25(11-9-13)19-22-17-16(18(27)24(3)20(28)23(17)2)26(19)12-14-6-4-5-7-15(14)21/h4-7,13H,8-12H2,1-3H3. The Kier molecular flexibility index (Phi) is 4.91. The molecule has 1 fully saturated rings. The summed E-state index contributed by atoms with van der Waals surface area (Å²) >= 11 is 3.61. The van der Waals surface area contributed by atoms with Crippen LogP contribution < -0.4 is 16.1 Å². The molecule has 2 aromatic heterocycles. The second-order valence-electron chi connectivity index (χ2n) is 7.64. The fraction of sp³-hybridized carbons (Fsp3) is 0.450. The molecule has 1 aromatic carbocycles. The zero-order chi connectivity index (χ0) is 20.0. The average molecular weight is 446 g/mol. The van der Waals surface area contributed by atoms with Gasteiger partial charge in [0.05, 0.1) is 6.54 Å². The molecule has 1 saturated heterocycles. The van der Waals surface area contributed by atoms with Crippen molar-refractivity contribution in [1.29, 1.82) is 0 Å². The third kappa shape index (κ3) is 3.09. The van der Waals surface area contributed by atoms with Crippen molar-refractivity contribution < 1.29 is 0 Å². The topological polar surface area (TPSA) is 65.1 Å². The highest BCUT2D eigenvalue weighted by atomic mass is 79.9. The lowest BCUT2D eigenvalue weighted by Crippen LogP contribution is -2.38. The van der Waals surface area contributed by atoms with Crippen molar-refractivity contribution in [2.45, 2.75) is 26.3 Å². The lowest BCUT2D eigenvalue weighted by Gasteiger charge is -2.31. The van der Waals surface area contributed by atoms with Gasteiger partial charge in [-0.25, -0.2) is 4.79 Å². The predicted molar refractivity (Wildman–Crippen MR) is 114 cm³/mol. The van der Waals surface area contributed by atoms with E-state index >= 15 is 0 Å². The summed E-state index contributed by atoms with van der Waals surface area (Å²) in [6.45, 7) is 4.57. The van der Waals surface area contributed by atoms with Gasteiger partial charge in [-0.3, -0.25) is 18.5 Å². The minimum Gasteiger partial charge on any atom is -0.342 e. The minimum absolute atomic E-state index is 0.311. The van der Waals surface area contributed by atoms with Crippen LogP contribution in [0, 0.1) is 5.92 Å². The SMILES string of the molecule is CC1CCN(c2nc3c(c(=O)n(C)c(=O)n3C)n2Cc2ccccc2Br)CC1. The summed E-state index contributed by atoms with van der Waals surface area (Å²) in [5.74, 6) is 1.45. The molecule has 7 nitrogen and oxygen atoms in total. The average Bonchev–Trinajstić information content (AvgIpc) is 3.06. The first-order valence-electron chi connectivity index (χ1n) is 9.53. The summed E-state index contributed by atoms with van der Waals surface area (Å²) in [6.07, 6.45) is 2.18. The number of rotatable bonds is 3. The van der Waals surface area contributed by atoms with E-state index in [-0.39, 0.29) is 11.2 Å². The van der Waals surface area contributed by atoms with Gasteiger partial charge in [-0.05, 0) is 30.4 Å². The summed E-state index contributed by atoms with van der Waals surface area (Å²) in [5, 5.41) is 0. The monoisotopic (exact) mass is 445 g/mol. The van der Waals surface area contributed by atoms with Crippen molar-refractivity contribution in [3.8, 4) is 0 Å². The van der Waals surface area contributed by atoms with Crippen molar-refractivity contribution in [2.75, 3.05) is 18.0 Å². The highest BCUT2D eigenvalue weighted by Gasteiger charge is 2.25. The van der Waals surface area contributed by atoms with E-state index in [9.17, 15) is 9.59 Å². The smallest absolute Gasteiger partial charge is 0.332 e. The molecule has 148 valence electrons. The quantitative estimate of drug-likeness (QED) is 0.620. The van der Waals surface area contributed by atoms with Crippen LogP contribution in [0.4, 0.5) is 5.95 Å². The number of halogens is 1. The van der Waals surface area contributed by atoms with Crippen LogP contribution in [-0.4, -0.2) is 31.8 Å². The maximum Gasteiger partial charge on any atom is 0.332 e. The molecule has 0 aliphatic carbocycles. The van der Waals surface area contributed by atoms with Crippen molar-refractivity contribution in [3.05, 3.63) is 55.1 Å². The number of hydrogen-bond acceptors (Lipinski definition) is 4. The Labute approximate surface area is 171 Å². The highest BCUT2D eigenvalue weighted by molar-refractivity contribution is 9.10. The predicted octanol–water partition coefficient (Wildman–Crippen LogP) is 2.48. The first-order chi connectivity index (χ1) is 13.4. The third-order valence-corrected chi connectivity index (χ3v) is 6.45. The van der Waals surface area contributed by atoms with Gasteiger partial charge < -0.3 is 4.90 Å². The lowest BCUT2D eigenvalue weighted by molar-refractivity contribution is 0.432. The molecular formula is C20H24BrN5O2. The molecular weight excluding hydrogens is 422 g/mol.